The molecule has 0 bridgehead atoms. The largest absolute Gasteiger partial charge is 0.381 e. The van der Waals surface area contributed by atoms with Gasteiger partial charge in [0.2, 0.25) is 0 Å². The van der Waals surface area contributed by atoms with E-state index in [1.54, 1.807) is 0 Å². The summed E-state index contributed by atoms with van der Waals surface area (Å²) in [6.07, 6.45) is 5.31. The van der Waals surface area contributed by atoms with Gasteiger partial charge in [-0.15, -0.1) is 0 Å². The van der Waals surface area contributed by atoms with Gasteiger partial charge in [0.25, 0.3) is 0 Å². The Morgan fingerprint density at radius 3 is 2.29 bits per heavy atom. The van der Waals surface area contributed by atoms with Crippen LogP contribution in [0.5, 0.6) is 0 Å². The zero-order valence-corrected chi connectivity index (χ0v) is 23.9. The van der Waals surface area contributed by atoms with E-state index >= 15 is 0 Å². The van der Waals surface area contributed by atoms with E-state index in [-0.39, 0.29) is 11.6 Å². The number of anilines is 1. The van der Waals surface area contributed by atoms with E-state index in [2.05, 4.69) is 74.3 Å². The van der Waals surface area contributed by atoms with Gasteiger partial charge in [0.1, 0.15) is 0 Å². The molecule has 0 radical (unpaired) electrons. The van der Waals surface area contributed by atoms with Crippen LogP contribution in [0.15, 0.2) is 59.2 Å². The molecule has 1 aliphatic heterocycles. The number of allylic oxidation sites excluding steroid dienone is 4. The highest BCUT2D eigenvalue weighted by molar-refractivity contribution is 6.03. The number of ether oxygens (including phenoxy) is 1. The number of carbonyl (C=O) groups excluding carboxylic acids is 2. The van der Waals surface area contributed by atoms with Crippen LogP contribution < -0.4 is 4.90 Å². The summed E-state index contributed by atoms with van der Waals surface area (Å²) in [4.78, 5) is 30.8. The maximum absolute atomic E-state index is 13.7. The lowest BCUT2D eigenvalue weighted by Crippen LogP contribution is -2.37. The summed E-state index contributed by atoms with van der Waals surface area (Å²) >= 11 is 0. The molecule has 0 aromatic heterocycles. The molecule has 0 N–H and O–H groups in total. The summed E-state index contributed by atoms with van der Waals surface area (Å²) in [5, 5.41) is 0. The molecule has 1 fully saturated rings. The Morgan fingerprint density at radius 1 is 0.974 bits per heavy atom. The molecule has 5 nitrogen and oxygen atoms in total. The minimum absolute atomic E-state index is 0.0922. The van der Waals surface area contributed by atoms with E-state index in [9.17, 15) is 9.59 Å². The van der Waals surface area contributed by atoms with Crippen molar-refractivity contribution >= 4 is 17.3 Å². The molecule has 2 aliphatic rings. The highest BCUT2D eigenvalue weighted by atomic mass is 16.5. The topological polar surface area (TPSA) is 49.9 Å². The third-order valence-corrected chi connectivity index (χ3v) is 7.90. The van der Waals surface area contributed by atoms with Gasteiger partial charge in [0.05, 0.1) is 0 Å². The average molecular weight is 515 g/mol. The van der Waals surface area contributed by atoms with Crippen molar-refractivity contribution in [3.63, 3.8) is 0 Å². The van der Waals surface area contributed by atoms with E-state index in [0.717, 1.165) is 77.3 Å². The number of benzene rings is 2. The molecule has 1 heterocycles. The fourth-order valence-electron chi connectivity index (χ4n) is 5.76. The Morgan fingerprint density at radius 2 is 1.66 bits per heavy atom. The molecular weight excluding hydrogens is 472 g/mol. The number of ketones is 2. The zero-order valence-electron chi connectivity index (χ0n) is 23.9. The van der Waals surface area contributed by atoms with Crippen molar-refractivity contribution in [1.29, 1.82) is 0 Å². The first-order chi connectivity index (χ1) is 18.1. The van der Waals surface area contributed by atoms with E-state index in [1.165, 1.54) is 5.56 Å². The second-order valence-corrected chi connectivity index (χ2v) is 11.2. The normalized spacial score (nSPS) is 16.7. The third-order valence-electron chi connectivity index (χ3n) is 7.90. The Kier molecular flexibility index (Phi) is 9.01. The van der Waals surface area contributed by atoms with Crippen LogP contribution in [-0.4, -0.2) is 56.9 Å². The van der Waals surface area contributed by atoms with Crippen molar-refractivity contribution in [2.75, 3.05) is 39.3 Å². The Labute approximate surface area is 228 Å². The van der Waals surface area contributed by atoms with Crippen molar-refractivity contribution in [1.82, 2.24) is 4.90 Å². The van der Waals surface area contributed by atoms with Gasteiger partial charge in [-0.1, -0.05) is 35.9 Å². The number of Topliss-reactive ketones (excluding diaryl/α,β-unsaturated/α-hetero) is 2. The van der Waals surface area contributed by atoms with E-state index in [0.29, 0.717) is 25.3 Å². The molecule has 0 amide bonds. The quantitative estimate of drug-likeness (QED) is 0.356. The predicted molar refractivity (Wildman–Crippen MR) is 156 cm³/mol. The Balaban J connectivity index is 1.68. The van der Waals surface area contributed by atoms with Crippen molar-refractivity contribution in [3.8, 4) is 11.1 Å². The monoisotopic (exact) mass is 514 g/mol. The fraction of sp³-hybridized carbons (Fsp3) is 0.455. The van der Waals surface area contributed by atoms with Gasteiger partial charge >= 0.3 is 0 Å². The summed E-state index contributed by atoms with van der Waals surface area (Å²) in [7, 11) is 6.28. The third kappa shape index (κ3) is 6.51. The van der Waals surface area contributed by atoms with Crippen LogP contribution in [0.4, 0.5) is 5.69 Å². The van der Waals surface area contributed by atoms with Gasteiger partial charge < -0.3 is 14.5 Å². The summed E-state index contributed by atoms with van der Waals surface area (Å²) in [6, 6.07) is 13.3. The SMILES string of the molecule is CC1=CC(C)=C(CCC(=O)c2cc(-c3ccc(CN(C)C)cc3)cc(N(C)C3CCOCC3)c2C)C(=O)C1. The highest BCUT2D eigenvalue weighted by Gasteiger charge is 2.24. The van der Waals surface area contributed by atoms with Crippen LogP contribution in [0.3, 0.4) is 0 Å². The van der Waals surface area contributed by atoms with Gasteiger partial charge in [-0.05, 0) is 99.7 Å². The van der Waals surface area contributed by atoms with Crippen LogP contribution in [0.25, 0.3) is 11.1 Å². The second-order valence-electron chi connectivity index (χ2n) is 11.2. The van der Waals surface area contributed by atoms with Gasteiger partial charge in [-0.2, -0.15) is 0 Å². The number of nitrogens with zero attached hydrogens (tertiary/aromatic N) is 2. The summed E-state index contributed by atoms with van der Waals surface area (Å²) in [5.41, 5.74) is 9.14. The maximum atomic E-state index is 13.7. The lowest BCUT2D eigenvalue weighted by Gasteiger charge is -2.34. The first kappa shape index (κ1) is 28.0. The predicted octanol–water partition coefficient (Wildman–Crippen LogP) is 6.54. The summed E-state index contributed by atoms with van der Waals surface area (Å²) < 4.78 is 5.60. The van der Waals surface area contributed by atoms with Gasteiger partial charge in [-0.3, -0.25) is 9.59 Å². The maximum Gasteiger partial charge on any atom is 0.163 e. The standard InChI is InChI=1S/C33H42N2O3/c1-22-17-23(2)29(33(37)18-22)11-12-32(36)30-19-27(26-9-7-25(8-10-26)21-34(4)5)20-31(24(30)3)35(6)28-13-15-38-16-14-28/h7-10,17,19-20,28H,11-16,18,21H2,1-6H3. The molecule has 0 saturated carbocycles. The Hall–Kier alpha value is -3.02. The Bertz CT molecular complexity index is 1250. The molecule has 0 unspecified atom stereocenters. The lowest BCUT2D eigenvalue weighted by atomic mass is 9.87. The van der Waals surface area contributed by atoms with Crippen LogP contribution >= 0.6 is 0 Å². The van der Waals surface area contributed by atoms with Crippen LogP contribution in [0, 0.1) is 6.92 Å². The van der Waals surface area contributed by atoms with Crippen molar-refractivity contribution in [2.24, 2.45) is 0 Å². The molecule has 1 saturated heterocycles. The van der Waals surface area contributed by atoms with Crippen LogP contribution in [0.2, 0.25) is 0 Å². The van der Waals surface area contributed by atoms with E-state index in [1.807, 2.05) is 19.9 Å². The molecule has 38 heavy (non-hydrogen) atoms. The molecule has 5 heteroatoms. The molecule has 0 spiro atoms. The zero-order chi connectivity index (χ0) is 27.4. The first-order valence-corrected chi connectivity index (χ1v) is 13.8. The molecule has 4 rings (SSSR count). The number of rotatable bonds is 9. The molecule has 202 valence electrons. The number of carbonyl (C=O) groups is 2. The number of hydrogen-bond donors (Lipinski definition) is 0. The molecule has 2 aromatic rings. The second kappa shape index (κ2) is 12.2. The van der Waals surface area contributed by atoms with E-state index < -0.39 is 0 Å². The molecule has 0 atom stereocenters. The fourth-order valence-corrected chi connectivity index (χ4v) is 5.76. The highest BCUT2D eigenvalue weighted by Crippen LogP contribution is 2.34. The van der Waals surface area contributed by atoms with Gasteiger partial charge in [0.15, 0.2) is 11.6 Å². The summed E-state index contributed by atoms with van der Waals surface area (Å²) in [5.74, 6) is 0.244. The number of hydrogen-bond acceptors (Lipinski definition) is 5. The van der Waals surface area contributed by atoms with Crippen molar-refractivity contribution < 1.29 is 14.3 Å². The first-order valence-electron chi connectivity index (χ1n) is 13.8. The minimum Gasteiger partial charge on any atom is -0.381 e. The van der Waals surface area contributed by atoms with Crippen LogP contribution in [0.1, 0.15) is 67.4 Å². The lowest BCUT2D eigenvalue weighted by molar-refractivity contribution is -0.115. The smallest absolute Gasteiger partial charge is 0.163 e. The van der Waals surface area contributed by atoms with Gasteiger partial charge in [-0.25, -0.2) is 0 Å². The van der Waals surface area contributed by atoms with Gasteiger partial charge in [0, 0.05) is 56.9 Å². The summed E-state index contributed by atoms with van der Waals surface area (Å²) in [6.45, 7) is 8.45. The molecule has 2 aromatic carbocycles. The average Bonchev–Trinajstić information content (AvgIpc) is 2.88. The molecule has 1 aliphatic carbocycles. The van der Waals surface area contributed by atoms with E-state index in [4.69, 9.17) is 4.74 Å². The van der Waals surface area contributed by atoms with Crippen LogP contribution in [-0.2, 0) is 16.1 Å². The van der Waals surface area contributed by atoms with Crippen molar-refractivity contribution in [3.05, 3.63) is 75.9 Å². The molecular formula is C33H42N2O3. The van der Waals surface area contributed by atoms with Crippen molar-refractivity contribution in [2.45, 2.75) is 65.5 Å². The minimum atomic E-state index is 0.0922.